The van der Waals surface area contributed by atoms with Crippen molar-refractivity contribution in [2.45, 2.75) is 44.7 Å². The molecule has 0 N–H and O–H groups in total. The third-order valence-corrected chi connectivity index (χ3v) is 5.54. The van der Waals surface area contributed by atoms with Crippen LogP contribution in [0.3, 0.4) is 0 Å². The molecule has 2 aromatic rings. The topological polar surface area (TPSA) is 45.4 Å². The van der Waals surface area contributed by atoms with Gasteiger partial charge in [0.1, 0.15) is 0 Å². The summed E-state index contributed by atoms with van der Waals surface area (Å²) >= 11 is 6.04. The van der Waals surface area contributed by atoms with Crippen LogP contribution < -0.4 is 4.90 Å². The molecule has 1 aromatic heterocycles. The Morgan fingerprint density at radius 1 is 1.17 bits per heavy atom. The summed E-state index contributed by atoms with van der Waals surface area (Å²) in [4.78, 5) is 9.45. The highest BCUT2D eigenvalue weighted by atomic mass is 35.5. The van der Waals surface area contributed by atoms with Crippen molar-refractivity contribution in [3.8, 4) is 11.4 Å². The summed E-state index contributed by atoms with van der Waals surface area (Å²) in [6.07, 6.45) is 5.01. The Morgan fingerprint density at radius 3 is 2.71 bits per heavy atom. The molecular weight excluding hydrogens is 324 g/mol. The lowest BCUT2D eigenvalue weighted by Crippen LogP contribution is -2.46. The average molecular weight is 347 g/mol. The number of anilines is 1. The minimum atomic E-state index is 0.600. The van der Waals surface area contributed by atoms with E-state index < -0.39 is 0 Å². The molecule has 0 amide bonds. The van der Waals surface area contributed by atoms with E-state index in [-0.39, 0.29) is 0 Å². The van der Waals surface area contributed by atoms with Gasteiger partial charge in [0.05, 0.1) is 0 Å². The van der Waals surface area contributed by atoms with E-state index in [1.54, 1.807) is 0 Å². The fraction of sp³-hybridized carbons (Fsp3) is 0.556. The van der Waals surface area contributed by atoms with Crippen LogP contribution in [0.2, 0.25) is 5.02 Å². The first-order chi connectivity index (χ1) is 11.7. The molecule has 0 aliphatic carbocycles. The SMILES string of the molecule is CC1CCCN1C1CCN(c2nc(-c3cccc(Cl)c3)no2)CC1. The lowest BCUT2D eigenvalue weighted by Gasteiger charge is -2.37. The molecule has 5 nitrogen and oxygen atoms in total. The third-order valence-electron chi connectivity index (χ3n) is 5.31. The van der Waals surface area contributed by atoms with E-state index in [0.717, 1.165) is 24.7 Å². The molecule has 2 saturated heterocycles. The molecule has 6 heteroatoms. The number of likely N-dealkylation sites (tertiary alicyclic amines) is 1. The van der Waals surface area contributed by atoms with Crippen molar-refractivity contribution in [3.05, 3.63) is 29.3 Å². The van der Waals surface area contributed by atoms with Crippen LogP contribution in [0.15, 0.2) is 28.8 Å². The number of aromatic nitrogens is 2. The van der Waals surface area contributed by atoms with E-state index in [0.29, 0.717) is 22.9 Å². The van der Waals surface area contributed by atoms with Gasteiger partial charge in [-0.05, 0) is 51.3 Å². The smallest absolute Gasteiger partial charge is 0.324 e. The van der Waals surface area contributed by atoms with Crippen molar-refractivity contribution in [1.82, 2.24) is 15.0 Å². The molecule has 0 bridgehead atoms. The molecule has 0 radical (unpaired) electrons. The van der Waals surface area contributed by atoms with Crippen LogP contribution in [0.25, 0.3) is 11.4 Å². The molecule has 1 aromatic carbocycles. The van der Waals surface area contributed by atoms with Crippen LogP contribution in [-0.2, 0) is 0 Å². The van der Waals surface area contributed by atoms with Crippen LogP contribution in [0.5, 0.6) is 0 Å². The van der Waals surface area contributed by atoms with Gasteiger partial charge in [0.25, 0.3) is 0 Å². The van der Waals surface area contributed by atoms with Gasteiger partial charge in [-0.15, -0.1) is 0 Å². The summed E-state index contributed by atoms with van der Waals surface area (Å²) in [7, 11) is 0. The van der Waals surface area contributed by atoms with E-state index >= 15 is 0 Å². The van der Waals surface area contributed by atoms with Gasteiger partial charge in [-0.3, -0.25) is 4.90 Å². The molecule has 4 rings (SSSR count). The zero-order valence-corrected chi connectivity index (χ0v) is 14.7. The van der Waals surface area contributed by atoms with E-state index in [9.17, 15) is 0 Å². The van der Waals surface area contributed by atoms with Crippen LogP contribution >= 0.6 is 11.6 Å². The normalized spacial score (nSPS) is 23.1. The van der Waals surface area contributed by atoms with Crippen molar-refractivity contribution in [2.24, 2.45) is 0 Å². The highest BCUT2D eigenvalue weighted by Gasteiger charge is 2.31. The summed E-state index contributed by atoms with van der Waals surface area (Å²) in [5, 5.41) is 4.79. The fourth-order valence-corrected chi connectivity index (χ4v) is 4.17. The minimum Gasteiger partial charge on any atom is -0.324 e. The number of nitrogens with zero attached hydrogens (tertiary/aromatic N) is 4. The fourth-order valence-electron chi connectivity index (χ4n) is 3.98. The average Bonchev–Trinajstić information content (AvgIpc) is 3.24. The van der Waals surface area contributed by atoms with Gasteiger partial charge in [0, 0.05) is 35.8 Å². The molecule has 1 unspecified atom stereocenters. The maximum absolute atomic E-state index is 6.04. The van der Waals surface area contributed by atoms with Gasteiger partial charge in [-0.2, -0.15) is 4.98 Å². The molecule has 24 heavy (non-hydrogen) atoms. The lowest BCUT2D eigenvalue weighted by atomic mass is 10.0. The largest absolute Gasteiger partial charge is 0.324 e. The third kappa shape index (κ3) is 3.15. The molecule has 3 heterocycles. The van der Waals surface area contributed by atoms with Crippen molar-refractivity contribution < 1.29 is 4.52 Å². The van der Waals surface area contributed by atoms with Gasteiger partial charge in [-0.1, -0.05) is 28.9 Å². The first-order valence-electron chi connectivity index (χ1n) is 8.81. The van der Waals surface area contributed by atoms with Gasteiger partial charge >= 0.3 is 6.01 Å². The zero-order chi connectivity index (χ0) is 16.5. The predicted octanol–water partition coefficient (Wildman–Crippen LogP) is 3.84. The molecule has 0 spiro atoms. The Kier molecular flexibility index (Phi) is 4.46. The van der Waals surface area contributed by atoms with Gasteiger partial charge in [0.2, 0.25) is 5.82 Å². The molecule has 2 aliphatic heterocycles. The monoisotopic (exact) mass is 346 g/mol. The maximum atomic E-state index is 6.04. The number of benzene rings is 1. The van der Waals surface area contributed by atoms with Crippen LogP contribution in [0.1, 0.15) is 32.6 Å². The van der Waals surface area contributed by atoms with Gasteiger partial charge in [-0.25, -0.2) is 0 Å². The second kappa shape index (κ2) is 6.73. The van der Waals surface area contributed by atoms with Gasteiger partial charge < -0.3 is 9.42 Å². The number of hydrogen-bond donors (Lipinski definition) is 0. The summed E-state index contributed by atoms with van der Waals surface area (Å²) < 4.78 is 5.49. The minimum absolute atomic E-state index is 0.600. The first kappa shape index (κ1) is 15.9. The second-order valence-electron chi connectivity index (χ2n) is 6.86. The Balaban J connectivity index is 1.41. The Bertz CT molecular complexity index is 696. The summed E-state index contributed by atoms with van der Waals surface area (Å²) in [6.45, 7) is 5.57. The highest BCUT2D eigenvalue weighted by molar-refractivity contribution is 6.30. The summed E-state index contributed by atoms with van der Waals surface area (Å²) in [6, 6.07) is 9.61. The van der Waals surface area contributed by atoms with E-state index in [2.05, 4.69) is 26.9 Å². The number of rotatable bonds is 3. The highest BCUT2D eigenvalue weighted by Crippen LogP contribution is 2.28. The van der Waals surface area contributed by atoms with E-state index in [1.807, 2.05) is 24.3 Å². The van der Waals surface area contributed by atoms with Gasteiger partial charge in [0.15, 0.2) is 0 Å². The summed E-state index contributed by atoms with van der Waals surface area (Å²) in [5.41, 5.74) is 0.887. The van der Waals surface area contributed by atoms with Crippen LogP contribution in [0.4, 0.5) is 6.01 Å². The zero-order valence-electron chi connectivity index (χ0n) is 14.0. The van der Waals surface area contributed by atoms with Crippen molar-refractivity contribution in [2.75, 3.05) is 24.5 Å². The number of piperidine rings is 1. The Labute approximate surface area is 147 Å². The van der Waals surface area contributed by atoms with E-state index in [4.69, 9.17) is 16.1 Å². The van der Waals surface area contributed by atoms with Crippen molar-refractivity contribution in [1.29, 1.82) is 0 Å². The number of hydrogen-bond acceptors (Lipinski definition) is 5. The molecular formula is C18H23ClN4O. The molecule has 2 fully saturated rings. The predicted molar refractivity (Wildman–Crippen MR) is 95.4 cm³/mol. The quantitative estimate of drug-likeness (QED) is 0.844. The molecule has 2 aliphatic rings. The maximum Gasteiger partial charge on any atom is 0.324 e. The Hall–Kier alpha value is -1.59. The molecule has 0 saturated carbocycles. The standard InChI is InChI=1S/C18H23ClN4O/c1-13-4-3-9-23(13)16-7-10-22(11-8-16)18-20-17(21-24-18)14-5-2-6-15(19)12-14/h2,5-6,12-13,16H,3-4,7-11H2,1H3. The van der Waals surface area contributed by atoms with Crippen molar-refractivity contribution >= 4 is 17.6 Å². The van der Waals surface area contributed by atoms with E-state index in [1.165, 1.54) is 32.2 Å². The lowest BCUT2D eigenvalue weighted by molar-refractivity contribution is 0.161. The Morgan fingerprint density at radius 2 is 2.00 bits per heavy atom. The molecule has 1 atom stereocenters. The van der Waals surface area contributed by atoms with Crippen LogP contribution in [0, 0.1) is 0 Å². The van der Waals surface area contributed by atoms with Crippen molar-refractivity contribution in [3.63, 3.8) is 0 Å². The first-order valence-corrected chi connectivity index (χ1v) is 9.19. The number of halogens is 1. The van der Waals surface area contributed by atoms with Crippen LogP contribution in [-0.4, -0.2) is 46.8 Å². The molecule has 128 valence electrons. The second-order valence-corrected chi connectivity index (χ2v) is 7.29. The summed E-state index contributed by atoms with van der Waals surface area (Å²) in [5.74, 6) is 0.600.